The van der Waals surface area contributed by atoms with E-state index < -0.39 is 23.4 Å². The van der Waals surface area contributed by atoms with Crippen LogP contribution in [0.2, 0.25) is 5.02 Å². The normalized spacial score (nSPS) is 10.2. The summed E-state index contributed by atoms with van der Waals surface area (Å²) in [4.78, 5) is 33.7. The number of hydrogen-bond donors (Lipinski definition) is 1. The summed E-state index contributed by atoms with van der Waals surface area (Å²) in [6, 6.07) is 11.4. The van der Waals surface area contributed by atoms with E-state index in [1.807, 2.05) is 31.2 Å². The largest absolute Gasteiger partial charge is 0.494 e. The number of benzene rings is 2. The number of anilines is 1. The molecular weight excluding hydrogens is 388 g/mol. The van der Waals surface area contributed by atoms with Crippen molar-refractivity contribution in [2.24, 2.45) is 0 Å². The van der Waals surface area contributed by atoms with E-state index >= 15 is 0 Å². The minimum atomic E-state index is -0.656. The first-order valence-electron chi connectivity index (χ1n) is 8.44. The number of nitro groups is 1. The van der Waals surface area contributed by atoms with Crippen molar-refractivity contribution >= 4 is 34.9 Å². The maximum absolute atomic E-state index is 11.8. The van der Waals surface area contributed by atoms with E-state index in [1.165, 1.54) is 12.1 Å². The van der Waals surface area contributed by atoms with E-state index in [-0.39, 0.29) is 22.8 Å². The number of nitro benzene ring substituents is 1. The van der Waals surface area contributed by atoms with Crippen molar-refractivity contribution in [1.82, 2.24) is 0 Å². The summed E-state index contributed by atoms with van der Waals surface area (Å²) in [6.07, 6.45) is 0.545. The van der Waals surface area contributed by atoms with Crippen LogP contribution in [0.3, 0.4) is 0 Å². The molecule has 0 unspecified atom stereocenters. The van der Waals surface area contributed by atoms with Crippen LogP contribution in [-0.2, 0) is 14.3 Å². The lowest BCUT2D eigenvalue weighted by Crippen LogP contribution is -2.21. The van der Waals surface area contributed by atoms with Gasteiger partial charge in [0.25, 0.3) is 11.6 Å². The molecule has 1 amide bonds. The van der Waals surface area contributed by atoms with Crippen LogP contribution in [0.1, 0.15) is 18.4 Å². The van der Waals surface area contributed by atoms with Gasteiger partial charge in [-0.2, -0.15) is 0 Å². The van der Waals surface area contributed by atoms with E-state index in [0.29, 0.717) is 13.0 Å². The van der Waals surface area contributed by atoms with Crippen molar-refractivity contribution in [3.8, 4) is 5.75 Å². The molecule has 0 aromatic heterocycles. The lowest BCUT2D eigenvalue weighted by atomic mass is 10.2. The van der Waals surface area contributed by atoms with Crippen LogP contribution in [0.5, 0.6) is 5.75 Å². The number of nitrogens with zero attached hydrogens (tertiary/aromatic N) is 1. The zero-order valence-corrected chi connectivity index (χ0v) is 15.9. The second-order valence-electron chi connectivity index (χ2n) is 5.90. The van der Waals surface area contributed by atoms with Gasteiger partial charge in [-0.3, -0.25) is 19.7 Å². The Morgan fingerprint density at radius 1 is 1.21 bits per heavy atom. The summed E-state index contributed by atoms with van der Waals surface area (Å²) < 4.78 is 10.4. The number of halogens is 1. The van der Waals surface area contributed by atoms with Gasteiger partial charge in [0.05, 0.1) is 11.5 Å². The van der Waals surface area contributed by atoms with Gasteiger partial charge in [-0.25, -0.2) is 0 Å². The fraction of sp³-hybridized carbons (Fsp3) is 0.263. The third kappa shape index (κ3) is 6.88. The Morgan fingerprint density at radius 3 is 2.71 bits per heavy atom. The summed E-state index contributed by atoms with van der Waals surface area (Å²) >= 11 is 5.70. The minimum Gasteiger partial charge on any atom is -0.494 e. The van der Waals surface area contributed by atoms with Gasteiger partial charge in [0.2, 0.25) is 0 Å². The maximum atomic E-state index is 11.8. The molecule has 0 saturated carbocycles. The highest BCUT2D eigenvalue weighted by atomic mass is 35.5. The monoisotopic (exact) mass is 406 g/mol. The average molecular weight is 407 g/mol. The number of hydrogen-bond acceptors (Lipinski definition) is 6. The van der Waals surface area contributed by atoms with Crippen molar-refractivity contribution in [1.29, 1.82) is 0 Å². The van der Waals surface area contributed by atoms with E-state index in [4.69, 9.17) is 21.1 Å². The highest BCUT2D eigenvalue weighted by Crippen LogP contribution is 2.27. The van der Waals surface area contributed by atoms with E-state index in [2.05, 4.69) is 5.32 Å². The van der Waals surface area contributed by atoms with Crippen LogP contribution in [0.25, 0.3) is 0 Å². The van der Waals surface area contributed by atoms with Crippen molar-refractivity contribution < 1.29 is 24.0 Å². The highest BCUT2D eigenvalue weighted by Gasteiger charge is 2.14. The fourth-order valence-corrected chi connectivity index (χ4v) is 2.44. The van der Waals surface area contributed by atoms with Crippen molar-refractivity contribution in [2.45, 2.75) is 19.8 Å². The summed E-state index contributed by atoms with van der Waals surface area (Å²) in [6.45, 7) is 1.81. The van der Waals surface area contributed by atoms with Gasteiger partial charge in [-0.1, -0.05) is 23.7 Å². The van der Waals surface area contributed by atoms with Crippen LogP contribution in [-0.4, -0.2) is 30.0 Å². The molecule has 8 nitrogen and oxygen atoms in total. The molecule has 2 aromatic carbocycles. The zero-order valence-electron chi connectivity index (χ0n) is 15.1. The third-order valence-electron chi connectivity index (χ3n) is 3.57. The first kappa shape index (κ1) is 21.2. The second kappa shape index (κ2) is 10.3. The van der Waals surface area contributed by atoms with Gasteiger partial charge in [-0.15, -0.1) is 0 Å². The molecule has 2 aromatic rings. The molecule has 0 atom stereocenters. The fourth-order valence-electron chi connectivity index (χ4n) is 2.26. The van der Waals surface area contributed by atoms with Gasteiger partial charge < -0.3 is 14.8 Å². The summed E-state index contributed by atoms with van der Waals surface area (Å²) in [5.41, 5.74) is 0.933. The van der Waals surface area contributed by atoms with Gasteiger partial charge >= 0.3 is 5.97 Å². The third-order valence-corrected chi connectivity index (χ3v) is 3.89. The standard InChI is InChI=1S/C19H19ClN2O6/c1-13-4-2-5-15(10-13)27-9-3-6-19(24)28-12-18(23)21-14-7-8-16(20)17(11-14)22(25)26/h2,4-5,7-8,10-11H,3,6,9,12H2,1H3,(H,21,23). The molecule has 28 heavy (non-hydrogen) atoms. The quantitative estimate of drug-likeness (QED) is 0.293. The molecule has 2 rings (SSSR count). The predicted octanol–water partition coefficient (Wildman–Crippen LogP) is 3.90. The van der Waals surface area contributed by atoms with Crippen LogP contribution in [0, 0.1) is 17.0 Å². The summed E-state index contributed by atoms with van der Waals surface area (Å²) in [5.74, 6) is -0.420. The molecule has 0 spiro atoms. The molecule has 0 bridgehead atoms. The Bertz CT molecular complexity index is 871. The van der Waals surface area contributed by atoms with Crippen LogP contribution in [0.15, 0.2) is 42.5 Å². The SMILES string of the molecule is Cc1cccc(OCCCC(=O)OCC(=O)Nc2ccc(Cl)c([N+](=O)[O-])c2)c1. The Balaban J connectivity index is 1.68. The molecule has 0 saturated heterocycles. The van der Waals surface area contributed by atoms with Crippen molar-refractivity contribution in [3.05, 3.63) is 63.2 Å². The van der Waals surface area contributed by atoms with Crippen molar-refractivity contribution in [2.75, 3.05) is 18.5 Å². The van der Waals surface area contributed by atoms with Crippen LogP contribution in [0.4, 0.5) is 11.4 Å². The second-order valence-corrected chi connectivity index (χ2v) is 6.31. The maximum Gasteiger partial charge on any atom is 0.306 e. The lowest BCUT2D eigenvalue weighted by Gasteiger charge is -2.08. The molecule has 0 aliphatic carbocycles. The number of rotatable bonds is 9. The molecule has 1 N–H and O–H groups in total. The van der Waals surface area contributed by atoms with Gasteiger partial charge in [-0.05, 0) is 43.2 Å². The Hall–Kier alpha value is -3.13. The zero-order chi connectivity index (χ0) is 20.5. The minimum absolute atomic E-state index is 0.0395. The van der Waals surface area contributed by atoms with E-state index in [0.717, 1.165) is 17.4 Å². The van der Waals surface area contributed by atoms with E-state index in [9.17, 15) is 19.7 Å². The van der Waals surface area contributed by atoms with Gasteiger partial charge in [0.15, 0.2) is 6.61 Å². The molecule has 0 fully saturated rings. The highest BCUT2D eigenvalue weighted by molar-refractivity contribution is 6.32. The number of ether oxygens (including phenoxy) is 2. The molecule has 9 heteroatoms. The summed E-state index contributed by atoms with van der Waals surface area (Å²) in [5, 5.41) is 13.2. The first-order valence-corrected chi connectivity index (χ1v) is 8.82. The Kier molecular flexibility index (Phi) is 7.76. The molecule has 0 heterocycles. The molecule has 0 radical (unpaired) electrons. The van der Waals surface area contributed by atoms with Crippen LogP contribution >= 0.6 is 11.6 Å². The number of carbonyl (C=O) groups is 2. The van der Waals surface area contributed by atoms with E-state index in [1.54, 1.807) is 0 Å². The Morgan fingerprint density at radius 2 is 2.00 bits per heavy atom. The molecular formula is C19H19ClN2O6. The average Bonchev–Trinajstić information content (AvgIpc) is 2.65. The molecule has 0 aliphatic heterocycles. The number of nitrogens with one attached hydrogen (secondary N) is 1. The topological polar surface area (TPSA) is 108 Å². The van der Waals surface area contributed by atoms with Crippen molar-refractivity contribution in [3.63, 3.8) is 0 Å². The molecule has 0 aliphatic rings. The predicted molar refractivity (Wildman–Crippen MR) is 104 cm³/mol. The molecule has 148 valence electrons. The number of carbonyl (C=O) groups excluding carboxylic acids is 2. The smallest absolute Gasteiger partial charge is 0.306 e. The lowest BCUT2D eigenvalue weighted by molar-refractivity contribution is -0.384. The Labute approximate surface area is 166 Å². The van der Waals surface area contributed by atoms with Crippen LogP contribution < -0.4 is 10.1 Å². The van der Waals surface area contributed by atoms with Gasteiger partial charge in [0.1, 0.15) is 10.8 Å². The first-order chi connectivity index (χ1) is 13.3. The number of esters is 1. The summed E-state index contributed by atoms with van der Waals surface area (Å²) in [7, 11) is 0. The number of amides is 1. The number of aryl methyl sites for hydroxylation is 1. The van der Waals surface area contributed by atoms with Gasteiger partial charge in [0, 0.05) is 18.2 Å².